The van der Waals surface area contributed by atoms with Crippen LogP contribution in [0.25, 0.3) is 22.2 Å². The van der Waals surface area contributed by atoms with Crippen molar-refractivity contribution in [3.8, 4) is 16.9 Å². The van der Waals surface area contributed by atoms with E-state index >= 15 is 0 Å². The number of nitrogens with zero attached hydrogens (tertiary/aromatic N) is 3. The SMILES string of the molecule is COc1ccc(-c2c(C(=O)OCC(C)C)c(C)nc3c2c(=O)n(C)c(=O)n3C)cc1. The van der Waals surface area contributed by atoms with E-state index in [1.54, 1.807) is 45.3 Å². The lowest BCUT2D eigenvalue weighted by atomic mass is 9.95. The highest BCUT2D eigenvalue weighted by Crippen LogP contribution is 2.32. The Morgan fingerprint density at radius 1 is 1.10 bits per heavy atom. The number of aromatic nitrogens is 3. The average molecular weight is 411 g/mol. The largest absolute Gasteiger partial charge is 0.497 e. The van der Waals surface area contributed by atoms with Crippen LogP contribution < -0.4 is 16.0 Å². The molecule has 0 saturated heterocycles. The van der Waals surface area contributed by atoms with E-state index in [1.807, 2.05) is 13.8 Å². The number of carbonyl (C=O) groups excluding carboxylic acids is 1. The van der Waals surface area contributed by atoms with Crippen LogP contribution in [0.5, 0.6) is 5.75 Å². The van der Waals surface area contributed by atoms with Crippen molar-refractivity contribution in [3.63, 3.8) is 0 Å². The topological polar surface area (TPSA) is 92.4 Å². The number of carbonyl (C=O) groups is 1. The summed E-state index contributed by atoms with van der Waals surface area (Å²) in [5, 5.41) is 0.187. The first kappa shape index (κ1) is 21.3. The molecule has 2 aromatic heterocycles. The van der Waals surface area contributed by atoms with Crippen LogP contribution in [0.15, 0.2) is 33.9 Å². The van der Waals surface area contributed by atoms with E-state index in [1.165, 1.54) is 11.6 Å². The maximum Gasteiger partial charge on any atom is 0.340 e. The zero-order valence-corrected chi connectivity index (χ0v) is 18.0. The van der Waals surface area contributed by atoms with E-state index in [0.717, 1.165) is 4.57 Å². The van der Waals surface area contributed by atoms with Crippen LogP contribution in [0.3, 0.4) is 0 Å². The summed E-state index contributed by atoms with van der Waals surface area (Å²) >= 11 is 0. The van der Waals surface area contributed by atoms with Crippen molar-refractivity contribution in [1.29, 1.82) is 0 Å². The molecule has 0 bridgehead atoms. The summed E-state index contributed by atoms with van der Waals surface area (Å²) in [5.41, 5.74) is 0.810. The number of esters is 1. The number of hydrogen-bond acceptors (Lipinski definition) is 6. The van der Waals surface area contributed by atoms with Crippen molar-refractivity contribution >= 4 is 17.0 Å². The maximum absolute atomic E-state index is 13.1. The van der Waals surface area contributed by atoms with Crippen LogP contribution in [-0.2, 0) is 18.8 Å². The van der Waals surface area contributed by atoms with Gasteiger partial charge in [-0.1, -0.05) is 26.0 Å². The van der Waals surface area contributed by atoms with Gasteiger partial charge < -0.3 is 9.47 Å². The summed E-state index contributed by atoms with van der Waals surface area (Å²) in [5.74, 6) is 0.233. The molecule has 0 amide bonds. The van der Waals surface area contributed by atoms with Crippen molar-refractivity contribution in [2.75, 3.05) is 13.7 Å². The van der Waals surface area contributed by atoms with Gasteiger partial charge in [-0.3, -0.25) is 13.9 Å². The van der Waals surface area contributed by atoms with Crippen molar-refractivity contribution < 1.29 is 14.3 Å². The van der Waals surface area contributed by atoms with Crippen molar-refractivity contribution in [3.05, 3.63) is 56.4 Å². The normalized spacial score (nSPS) is 11.2. The van der Waals surface area contributed by atoms with Gasteiger partial charge in [0.1, 0.15) is 11.4 Å². The first-order chi connectivity index (χ1) is 14.2. The van der Waals surface area contributed by atoms with Crippen LogP contribution in [0, 0.1) is 12.8 Å². The summed E-state index contributed by atoms with van der Waals surface area (Å²) < 4.78 is 13.0. The quantitative estimate of drug-likeness (QED) is 0.599. The van der Waals surface area contributed by atoms with Gasteiger partial charge in [0.25, 0.3) is 5.56 Å². The summed E-state index contributed by atoms with van der Waals surface area (Å²) in [6.45, 7) is 5.79. The molecule has 2 heterocycles. The summed E-state index contributed by atoms with van der Waals surface area (Å²) in [4.78, 5) is 43.0. The highest BCUT2D eigenvalue weighted by atomic mass is 16.5. The Morgan fingerprint density at radius 3 is 2.30 bits per heavy atom. The molecule has 8 heteroatoms. The second-order valence-electron chi connectivity index (χ2n) is 7.57. The zero-order valence-electron chi connectivity index (χ0n) is 18.0. The second kappa shape index (κ2) is 8.14. The van der Waals surface area contributed by atoms with E-state index < -0.39 is 17.2 Å². The standard InChI is InChI=1S/C22H25N3O5/c1-12(2)11-30-21(27)16-13(3)23-19-18(20(26)25(5)22(28)24(19)4)17(16)14-7-9-15(29-6)10-8-14/h7-10,12H,11H2,1-6H3. The molecule has 0 fully saturated rings. The monoisotopic (exact) mass is 411 g/mol. The molecule has 0 N–H and O–H groups in total. The van der Waals surface area contributed by atoms with Crippen LogP contribution >= 0.6 is 0 Å². The molecule has 0 aliphatic heterocycles. The molecular weight excluding hydrogens is 386 g/mol. The lowest BCUT2D eigenvalue weighted by molar-refractivity contribution is 0.0458. The first-order valence-corrected chi connectivity index (χ1v) is 9.59. The van der Waals surface area contributed by atoms with Gasteiger partial charge in [-0.2, -0.15) is 0 Å². The summed E-state index contributed by atoms with van der Waals surface area (Å²) in [7, 11) is 4.50. The number of rotatable bonds is 5. The molecule has 0 unspecified atom stereocenters. The third-order valence-electron chi connectivity index (χ3n) is 4.90. The van der Waals surface area contributed by atoms with Crippen LogP contribution in [-0.4, -0.2) is 33.8 Å². The van der Waals surface area contributed by atoms with E-state index in [2.05, 4.69) is 4.98 Å². The van der Waals surface area contributed by atoms with E-state index in [-0.39, 0.29) is 29.1 Å². The minimum Gasteiger partial charge on any atom is -0.497 e. The Kier molecular flexibility index (Phi) is 5.78. The molecule has 3 rings (SSSR count). The predicted octanol–water partition coefficient (Wildman–Crippen LogP) is 2.43. The molecule has 30 heavy (non-hydrogen) atoms. The Labute approximate surface area is 173 Å². The highest BCUT2D eigenvalue weighted by Gasteiger charge is 2.25. The molecule has 1 aromatic carbocycles. The van der Waals surface area contributed by atoms with Gasteiger partial charge in [-0.25, -0.2) is 14.6 Å². The van der Waals surface area contributed by atoms with Crippen molar-refractivity contribution in [1.82, 2.24) is 14.1 Å². The minimum atomic E-state index is -0.558. The Balaban J connectivity index is 2.45. The molecule has 3 aromatic rings. The fraction of sp³-hybridized carbons (Fsp3) is 0.364. The van der Waals surface area contributed by atoms with Crippen molar-refractivity contribution in [2.24, 2.45) is 20.0 Å². The van der Waals surface area contributed by atoms with E-state index in [4.69, 9.17) is 9.47 Å². The Hall–Kier alpha value is -3.42. The highest BCUT2D eigenvalue weighted by molar-refractivity contribution is 6.07. The number of fused-ring (bicyclic) bond motifs is 1. The van der Waals surface area contributed by atoms with Crippen LogP contribution in [0.4, 0.5) is 0 Å². The van der Waals surface area contributed by atoms with Gasteiger partial charge in [-0.05, 0) is 30.5 Å². The Bertz CT molecular complexity index is 1240. The number of methoxy groups -OCH3 is 1. The number of pyridine rings is 1. The van der Waals surface area contributed by atoms with Gasteiger partial charge in [-0.15, -0.1) is 0 Å². The van der Waals surface area contributed by atoms with Gasteiger partial charge in [0.2, 0.25) is 0 Å². The maximum atomic E-state index is 13.1. The van der Waals surface area contributed by atoms with Crippen LogP contribution in [0.2, 0.25) is 0 Å². The van der Waals surface area contributed by atoms with E-state index in [9.17, 15) is 14.4 Å². The van der Waals surface area contributed by atoms with Gasteiger partial charge >= 0.3 is 11.7 Å². The molecule has 0 aliphatic carbocycles. The molecule has 8 nitrogen and oxygen atoms in total. The number of aryl methyl sites for hydroxylation is 2. The minimum absolute atomic E-state index is 0.154. The summed E-state index contributed by atoms with van der Waals surface area (Å²) in [6, 6.07) is 7.01. The third kappa shape index (κ3) is 3.60. The Morgan fingerprint density at radius 2 is 1.73 bits per heavy atom. The van der Waals surface area contributed by atoms with Gasteiger partial charge in [0, 0.05) is 19.7 Å². The first-order valence-electron chi connectivity index (χ1n) is 9.59. The van der Waals surface area contributed by atoms with Gasteiger partial charge in [0.15, 0.2) is 0 Å². The number of ether oxygens (including phenoxy) is 2. The zero-order chi connectivity index (χ0) is 22.2. The van der Waals surface area contributed by atoms with E-state index in [0.29, 0.717) is 22.6 Å². The third-order valence-corrected chi connectivity index (χ3v) is 4.90. The smallest absolute Gasteiger partial charge is 0.340 e. The lowest BCUT2D eigenvalue weighted by Gasteiger charge is -2.17. The molecule has 0 spiro atoms. The average Bonchev–Trinajstić information content (AvgIpc) is 2.73. The molecular formula is C22H25N3O5. The fourth-order valence-corrected chi connectivity index (χ4v) is 3.31. The van der Waals surface area contributed by atoms with Gasteiger partial charge in [0.05, 0.1) is 30.4 Å². The summed E-state index contributed by atoms with van der Waals surface area (Å²) in [6.07, 6.45) is 0. The number of benzene rings is 1. The molecule has 0 aliphatic rings. The fourth-order valence-electron chi connectivity index (χ4n) is 3.31. The van der Waals surface area contributed by atoms with Crippen molar-refractivity contribution in [2.45, 2.75) is 20.8 Å². The lowest BCUT2D eigenvalue weighted by Crippen LogP contribution is -2.38. The predicted molar refractivity (Wildman–Crippen MR) is 114 cm³/mol. The van der Waals surface area contributed by atoms with Crippen LogP contribution in [0.1, 0.15) is 29.9 Å². The molecule has 0 radical (unpaired) electrons. The molecule has 0 atom stereocenters. The second-order valence-corrected chi connectivity index (χ2v) is 7.57. The molecule has 158 valence electrons. The molecule has 0 saturated carbocycles. The number of hydrogen-bond donors (Lipinski definition) is 0.